The smallest absolute Gasteiger partial charge is 0.260 e. The van der Waals surface area contributed by atoms with E-state index in [1.54, 1.807) is 31.2 Å². The van der Waals surface area contributed by atoms with Crippen molar-refractivity contribution in [2.45, 2.75) is 45.1 Å². The van der Waals surface area contributed by atoms with E-state index in [0.29, 0.717) is 23.8 Å². The van der Waals surface area contributed by atoms with Crippen LogP contribution in [0.25, 0.3) is 0 Å². The molecule has 0 aromatic heterocycles. The first-order valence-corrected chi connectivity index (χ1v) is 8.67. The number of amides is 1. The van der Waals surface area contributed by atoms with Crippen molar-refractivity contribution in [2.75, 3.05) is 13.2 Å². The van der Waals surface area contributed by atoms with E-state index < -0.39 is 6.10 Å². The van der Waals surface area contributed by atoms with Crippen LogP contribution in [-0.2, 0) is 4.79 Å². The number of rotatable bonds is 8. The summed E-state index contributed by atoms with van der Waals surface area (Å²) in [6.45, 7) is 2.24. The van der Waals surface area contributed by atoms with Crippen LogP contribution in [0.3, 0.4) is 0 Å². The summed E-state index contributed by atoms with van der Waals surface area (Å²) in [5, 5.41) is 21.3. The molecule has 1 aromatic rings. The molecule has 1 saturated carbocycles. The zero-order valence-corrected chi connectivity index (χ0v) is 14.2. The zero-order chi connectivity index (χ0) is 17.4. The Bertz CT molecular complexity index is 576. The van der Waals surface area contributed by atoms with Crippen molar-refractivity contribution in [1.82, 2.24) is 5.32 Å². The molecule has 2 N–H and O–H groups in total. The minimum atomic E-state index is -0.648. The van der Waals surface area contributed by atoms with E-state index in [2.05, 4.69) is 5.32 Å². The van der Waals surface area contributed by atoms with Crippen LogP contribution in [0.1, 0.15) is 44.6 Å². The van der Waals surface area contributed by atoms with Gasteiger partial charge in [-0.15, -0.1) is 0 Å². The number of nitrogens with zero attached hydrogens (tertiary/aromatic N) is 1. The number of aliphatic hydroxyl groups is 1. The monoisotopic (exact) mass is 330 g/mol. The van der Waals surface area contributed by atoms with E-state index in [4.69, 9.17) is 10.00 Å². The van der Waals surface area contributed by atoms with Gasteiger partial charge in [0.05, 0.1) is 11.6 Å². The number of nitrogens with one attached hydrogen (secondary N) is 1. The van der Waals surface area contributed by atoms with Crippen molar-refractivity contribution < 1.29 is 14.6 Å². The van der Waals surface area contributed by atoms with E-state index >= 15 is 0 Å². The van der Waals surface area contributed by atoms with Gasteiger partial charge in [0.1, 0.15) is 5.75 Å². The van der Waals surface area contributed by atoms with Crippen molar-refractivity contribution in [1.29, 1.82) is 5.26 Å². The lowest BCUT2D eigenvalue weighted by molar-refractivity contribution is -0.127. The van der Waals surface area contributed by atoms with Gasteiger partial charge in [-0.3, -0.25) is 4.79 Å². The van der Waals surface area contributed by atoms with Gasteiger partial charge in [-0.25, -0.2) is 0 Å². The van der Waals surface area contributed by atoms with Gasteiger partial charge < -0.3 is 15.2 Å². The fourth-order valence-electron chi connectivity index (χ4n) is 3.23. The molecule has 1 aromatic carbocycles. The summed E-state index contributed by atoms with van der Waals surface area (Å²) in [5.74, 6) is 1.08. The largest absolute Gasteiger partial charge is 0.481 e. The zero-order valence-electron chi connectivity index (χ0n) is 14.2. The number of hydrogen-bond donors (Lipinski definition) is 2. The molecule has 0 unspecified atom stereocenters. The lowest BCUT2D eigenvalue weighted by Crippen LogP contribution is -2.39. The predicted molar refractivity (Wildman–Crippen MR) is 91.4 cm³/mol. The molecule has 130 valence electrons. The summed E-state index contributed by atoms with van der Waals surface area (Å²) in [7, 11) is 0. The van der Waals surface area contributed by atoms with Crippen LogP contribution >= 0.6 is 0 Å². The molecule has 0 spiro atoms. The van der Waals surface area contributed by atoms with Crippen LogP contribution in [0.15, 0.2) is 24.3 Å². The number of benzene rings is 1. The maximum atomic E-state index is 12.2. The molecule has 0 heterocycles. The van der Waals surface area contributed by atoms with Crippen molar-refractivity contribution in [2.24, 2.45) is 11.8 Å². The minimum absolute atomic E-state index is 0.0935. The third-order valence-electron chi connectivity index (χ3n) is 4.61. The van der Waals surface area contributed by atoms with Crippen molar-refractivity contribution in [3.63, 3.8) is 0 Å². The Kier molecular flexibility index (Phi) is 7.07. The summed E-state index contributed by atoms with van der Waals surface area (Å²) in [6, 6.07) is 8.79. The fourth-order valence-corrected chi connectivity index (χ4v) is 3.23. The third-order valence-corrected chi connectivity index (χ3v) is 4.61. The predicted octanol–water partition coefficient (Wildman–Crippen LogP) is 2.63. The molecular formula is C19H26N2O3. The average molecular weight is 330 g/mol. The highest BCUT2D eigenvalue weighted by Gasteiger charge is 2.21. The number of carbonyl (C=O) groups is 1. The summed E-state index contributed by atoms with van der Waals surface area (Å²) >= 11 is 0. The maximum Gasteiger partial charge on any atom is 0.260 e. The standard InChI is InChI=1S/C19H26N2O3/c1-14(24-18-8-4-7-16(10-18)11-20)19(23)21-12-17(13-22)9-15-5-2-3-6-15/h4,7-8,10,14-15,17,22H,2-3,5-6,9,12-13H2,1H3,(H,21,23)/t14-,17+/m1/s1. The average Bonchev–Trinajstić information content (AvgIpc) is 3.11. The fraction of sp³-hybridized carbons (Fsp3) is 0.579. The van der Waals surface area contributed by atoms with E-state index in [9.17, 15) is 9.90 Å². The van der Waals surface area contributed by atoms with Crippen molar-refractivity contribution >= 4 is 5.91 Å². The van der Waals surface area contributed by atoms with Crippen LogP contribution in [0.4, 0.5) is 0 Å². The Morgan fingerprint density at radius 2 is 2.21 bits per heavy atom. The molecule has 1 aliphatic carbocycles. The molecule has 5 nitrogen and oxygen atoms in total. The molecular weight excluding hydrogens is 304 g/mol. The van der Waals surface area contributed by atoms with Crippen LogP contribution in [0, 0.1) is 23.2 Å². The SMILES string of the molecule is C[C@@H](Oc1cccc(C#N)c1)C(=O)NC[C@@H](CO)CC1CCCC1. The molecule has 0 bridgehead atoms. The molecule has 1 fully saturated rings. The molecule has 0 saturated heterocycles. The maximum absolute atomic E-state index is 12.2. The third kappa shape index (κ3) is 5.54. The number of aliphatic hydroxyl groups excluding tert-OH is 1. The van der Waals surface area contributed by atoms with Gasteiger partial charge >= 0.3 is 0 Å². The molecule has 1 amide bonds. The van der Waals surface area contributed by atoms with Gasteiger partial charge in [0.2, 0.25) is 0 Å². The quantitative estimate of drug-likeness (QED) is 0.767. The number of ether oxygens (including phenoxy) is 1. The first kappa shape index (κ1) is 18.3. The van der Waals surface area contributed by atoms with E-state index in [0.717, 1.165) is 6.42 Å². The van der Waals surface area contributed by atoms with Crippen LogP contribution in [0.2, 0.25) is 0 Å². The highest BCUT2D eigenvalue weighted by Crippen LogP contribution is 2.30. The van der Waals surface area contributed by atoms with E-state index in [-0.39, 0.29) is 18.4 Å². The topological polar surface area (TPSA) is 82.3 Å². The summed E-state index contributed by atoms with van der Waals surface area (Å²) < 4.78 is 5.59. The normalized spacial score (nSPS) is 17.0. The Morgan fingerprint density at radius 3 is 2.88 bits per heavy atom. The second-order valence-electron chi connectivity index (χ2n) is 6.58. The van der Waals surface area contributed by atoms with Crippen LogP contribution in [0.5, 0.6) is 5.75 Å². The first-order chi connectivity index (χ1) is 11.6. The number of hydrogen-bond acceptors (Lipinski definition) is 4. The Morgan fingerprint density at radius 1 is 1.46 bits per heavy atom. The first-order valence-electron chi connectivity index (χ1n) is 8.67. The van der Waals surface area contributed by atoms with Gasteiger partial charge in [-0.2, -0.15) is 5.26 Å². The molecule has 2 atom stereocenters. The molecule has 0 radical (unpaired) electrons. The number of carbonyl (C=O) groups excluding carboxylic acids is 1. The van der Waals surface area contributed by atoms with Gasteiger partial charge in [-0.1, -0.05) is 31.7 Å². The second-order valence-corrected chi connectivity index (χ2v) is 6.58. The van der Waals surface area contributed by atoms with E-state index in [1.165, 1.54) is 25.7 Å². The van der Waals surface area contributed by atoms with Gasteiger partial charge in [0, 0.05) is 13.2 Å². The Hall–Kier alpha value is -2.06. The minimum Gasteiger partial charge on any atom is -0.481 e. The highest BCUT2D eigenvalue weighted by molar-refractivity contribution is 5.80. The lowest BCUT2D eigenvalue weighted by Gasteiger charge is -2.20. The summed E-state index contributed by atoms with van der Waals surface area (Å²) in [5.41, 5.74) is 0.497. The Labute approximate surface area is 143 Å². The van der Waals surface area contributed by atoms with Gasteiger partial charge in [0.25, 0.3) is 5.91 Å². The molecule has 24 heavy (non-hydrogen) atoms. The van der Waals surface area contributed by atoms with Gasteiger partial charge in [0.15, 0.2) is 6.10 Å². The van der Waals surface area contributed by atoms with Crippen molar-refractivity contribution in [3.8, 4) is 11.8 Å². The molecule has 1 aliphatic rings. The lowest BCUT2D eigenvalue weighted by atomic mass is 9.93. The molecule has 0 aliphatic heterocycles. The van der Waals surface area contributed by atoms with E-state index in [1.807, 2.05) is 6.07 Å². The Balaban J connectivity index is 1.78. The van der Waals surface area contributed by atoms with Crippen molar-refractivity contribution in [3.05, 3.63) is 29.8 Å². The van der Waals surface area contributed by atoms with Crippen LogP contribution < -0.4 is 10.1 Å². The van der Waals surface area contributed by atoms with Gasteiger partial charge in [-0.05, 0) is 43.4 Å². The molecule has 5 heteroatoms. The van der Waals surface area contributed by atoms with Crippen LogP contribution in [-0.4, -0.2) is 30.3 Å². The summed E-state index contributed by atoms with van der Waals surface area (Å²) in [4.78, 5) is 12.2. The summed E-state index contributed by atoms with van der Waals surface area (Å²) in [6.07, 6.45) is 5.35. The molecule has 2 rings (SSSR count). The number of nitriles is 1. The second kappa shape index (κ2) is 9.29. The highest BCUT2D eigenvalue weighted by atomic mass is 16.5.